The summed E-state index contributed by atoms with van der Waals surface area (Å²) in [5.41, 5.74) is -11.9. The number of hydrogen-bond donors (Lipinski definition) is 2. The summed E-state index contributed by atoms with van der Waals surface area (Å²) in [4.78, 5) is 13.4. The van der Waals surface area contributed by atoms with E-state index in [4.69, 9.17) is 0 Å². The second-order valence-electron chi connectivity index (χ2n) is 6.40. The molecule has 2 N–H and O–H groups in total. The Bertz CT molecular complexity index is 631. The molecule has 0 aliphatic carbocycles. The van der Waals surface area contributed by atoms with Gasteiger partial charge >= 0.3 is 30.4 Å². The molecule has 1 heterocycles. The minimum absolute atomic E-state index is 0.0743. The predicted molar refractivity (Wildman–Crippen MR) is 77.2 cm³/mol. The molecule has 30 heavy (non-hydrogen) atoms. The van der Waals surface area contributed by atoms with Gasteiger partial charge < -0.3 is 5.32 Å². The van der Waals surface area contributed by atoms with Gasteiger partial charge in [0.05, 0.1) is 0 Å². The Kier molecular flexibility index (Phi) is 7.07. The highest BCUT2D eigenvalue weighted by Gasteiger charge is 2.86. The maximum atomic E-state index is 13.3. The number of halogens is 12. The van der Waals surface area contributed by atoms with Crippen LogP contribution in [-0.2, 0) is 4.79 Å². The standard InChI is InChI=1S/C14H15F12N3O/c1-2-3-4-5-6-7(30)27-8-9(11(15,16)17,12(18,19)20)29-10(28-8,13(21,22)23)14(24,25)26/h29H,2-6H2,1H3,(H,27,28,30). The maximum Gasteiger partial charge on any atom is 0.436 e. The molecule has 16 heteroatoms. The average molecular weight is 469 g/mol. The monoisotopic (exact) mass is 469 g/mol. The van der Waals surface area contributed by atoms with Gasteiger partial charge in [0.15, 0.2) is 0 Å². The first kappa shape index (κ1) is 26.3. The Morgan fingerprint density at radius 2 is 1.30 bits per heavy atom. The van der Waals surface area contributed by atoms with Gasteiger partial charge in [0.1, 0.15) is 5.84 Å². The maximum absolute atomic E-state index is 13.3. The number of aliphatic imine (C=N–C) groups is 1. The highest BCUT2D eigenvalue weighted by molar-refractivity contribution is 6.06. The largest absolute Gasteiger partial charge is 0.436 e. The number of carbonyl (C=O) groups excluding carboxylic acids is 1. The summed E-state index contributed by atoms with van der Waals surface area (Å²) < 4.78 is 159. The molecule has 0 bridgehead atoms. The fourth-order valence-electron chi connectivity index (χ4n) is 2.64. The molecule has 0 unspecified atom stereocenters. The van der Waals surface area contributed by atoms with Gasteiger partial charge in [-0.3, -0.25) is 4.79 Å². The zero-order valence-corrected chi connectivity index (χ0v) is 14.9. The van der Waals surface area contributed by atoms with Crippen LogP contribution in [0.2, 0.25) is 0 Å². The van der Waals surface area contributed by atoms with Crippen molar-refractivity contribution in [1.82, 2.24) is 10.6 Å². The summed E-state index contributed by atoms with van der Waals surface area (Å²) in [6, 6.07) is 0. The Morgan fingerprint density at radius 3 is 1.67 bits per heavy atom. The number of alkyl halides is 12. The Balaban J connectivity index is 3.58. The molecule has 1 aliphatic rings. The van der Waals surface area contributed by atoms with Gasteiger partial charge in [-0.1, -0.05) is 26.2 Å². The van der Waals surface area contributed by atoms with Gasteiger partial charge in [0.2, 0.25) is 5.91 Å². The van der Waals surface area contributed by atoms with Crippen LogP contribution in [-0.4, -0.2) is 47.6 Å². The van der Waals surface area contributed by atoms with Crippen molar-refractivity contribution in [3.05, 3.63) is 0 Å². The van der Waals surface area contributed by atoms with E-state index in [2.05, 4.69) is 0 Å². The normalized spacial score (nSPS) is 19.6. The van der Waals surface area contributed by atoms with Crippen molar-refractivity contribution in [2.24, 2.45) is 4.99 Å². The number of amides is 1. The van der Waals surface area contributed by atoms with Crippen molar-refractivity contribution in [2.75, 3.05) is 0 Å². The first-order chi connectivity index (χ1) is 13.3. The van der Waals surface area contributed by atoms with E-state index < -0.39 is 59.4 Å². The van der Waals surface area contributed by atoms with E-state index in [0.717, 1.165) is 5.32 Å². The van der Waals surface area contributed by atoms with Gasteiger partial charge in [-0.05, 0) is 6.42 Å². The molecular weight excluding hydrogens is 454 g/mol. The van der Waals surface area contributed by atoms with Crippen LogP contribution in [0.5, 0.6) is 0 Å². The lowest BCUT2D eigenvalue weighted by atomic mass is 9.95. The van der Waals surface area contributed by atoms with E-state index in [-0.39, 0.29) is 6.42 Å². The summed E-state index contributed by atoms with van der Waals surface area (Å²) in [6.07, 6.45) is -26.4. The molecule has 0 aromatic carbocycles. The molecule has 0 aromatic rings. The van der Waals surface area contributed by atoms with Gasteiger partial charge in [-0.2, -0.15) is 52.7 Å². The second-order valence-corrected chi connectivity index (χ2v) is 6.40. The summed E-state index contributed by atoms with van der Waals surface area (Å²) >= 11 is 0. The van der Waals surface area contributed by atoms with Crippen molar-refractivity contribution in [2.45, 2.75) is 74.9 Å². The predicted octanol–water partition coefficient (Wildman–Crippen LogP) is 4.76. The smallest absolute Gasteiger partial charge is 0.312 e. The van der Waals surface area contributed by atoms with E-state index in [1.165, 1.54) is 0 Å². The fourth-order valence-corrected chi connectivity index (χ4v) is 2.64. The zero-order chi connectivity index (χ0) is 23.8. The molecule has 1 aliphatic heterocycles. The number of nitrogens with zero attached hydrogens (tertiary/aromatic N) is 1. The number of hydrogen-bond acceptors (Lipinski definition) is 3. The summed E-state index contributed by atoms with van der Waals surface area (Å²) in [5.74, 6) is -4.53. The third-order valence-electron chi connectivity index (χ3n) is 4.19. The van der Waals surface area contributed by atoms with Crippen molar-refractivity contribution < 1.29 is 57.5 Å². The quantitative estimate of drug-likeness (QED) is 0.451. The van der Waals surface area contributed by atoms with E-state index in [0.29, 0.717) is 19.3 Å². The third-order valence-corrected chi connectivity index (χ3v) is 4.19. The number of amidine groups is 1. The molecule has 1 amide bonds. The molecule has 0 atom stereocenters. The summed E-state index contributed by atoms with van der Waals surface area (Å²) in [6.45, 7) is 1.73. The molecule has 0 radical (unpaired) electrons. The number of rotatable bonds is 5. The Morgan fingerprint density at radius 1 is 0.833 bits per heavy atom. The van der Waals surface area contributed by atoms with E-state index in [1.54, 1.807) is 11.9 Å². The number of carbonyl (C=O) groups is 1. The van der Waals surface area contributed by atoms with Crippen LogP contribution >= 0.6 is 0 Å². The molecule has 0 saturated heterocycles. The van der Waals surface area contributed by atoms with E-state index in [1.807, 2.05) is 0 Å². The Hall–Kier alpha value is -1.74. The highest BCUT2D eigenvalue weighted by Crippen LogP contribution is 2.55. The number of unbranched alkanes of at least 4 members (excludes halogenated alkanes) is 3. The topological polar surface area (TPSA) is 53.5 Å². The van der Waals surface area contributed by atoms with Crippen LogP contribution in [0, 0.1) is 0 Å². The average Bonchev–Trinajstić information content (AvgIpc) is 2.88. The van der Waals surface area contributed by atoms with Crippen LogP contribution in [0.25, 0.3) is 0 Å². The lowest BCUT2D eigenvalue weighted by molar-refractivity contribution is -0.333. The van der Waals surface area contributed by atoms with E-state index >= 15 is 0 Å². The fraction of sp³-hybridized carbons (Fsp3) is 0.857. The highest BCUT2D eigenvalue weighted by atomic mass is 19.4. The van der Waals surface area contributed by atoms with Crippen molar-refractivity contribution in [3.8, 4) is 0 Å². The SMILES string of the molecule is CCCCCCC(=O)NC1=NC(C(F)(F)F)(C(F)(F)F)NC1(C(F)(F)F)C(F)(F)F. The second kappa shape index (κ2) is 8.07. The van der Waals surface area contributed by atoms with Crippen molar-refractivity contribution in [3.63, 3.8) is 0 Å². The van der Waals surface area contributed by atoms with Crippen LogP contribution in [0.4, 0.5) is 52.7 Å². The van der Waals surface area contributed by atoms with Crippen molar-refractivity contribution in [1.29, 1.82) is 0 Å². The lowest BCUT2D eigenvalue weighted by Gasteiger charge is -2.39. The van der Waals surface area contributed by atoms with Gasteiger partial charge in [-0.15, -0.1) is 0 Å². The summed E-state index contributed by atoms with van der Waals surface area (Å²) in [5, 5.41) is 0.459. The molecule has 0 spiro atoms. The minimum Gasteiger partial charge on any atom is -0.312 e. The molecule has 0 aromatic heterocycles. The van der Waals surface area contributed by atoms with Crippen LogP contribution in [0.3, 0.4) is 0 Å². The molecular formula is C14H15F12N3O. The lowest BCUT2D eigenvalue weighted by Crippen LogP contribution is -2.77. The van der Waals surface area contributed by atoms with Gasteiger partial charge in [0, 0.05) is 6.42 Å². The van der Waals surface area contributed by atoms with E-state index in [9.17, 15) is 57.5 Å². The van der Waals surface area contributed by atoms with Gasteiger partial charge in [0.25, 0.3) is 5.54 Å². The van der Waals surface area contributed by atoms with Crippen LogP contribution in [0.15, 0.2) is 4.99 Å². The first-order valence-electron chi connectivity index (χ1n) is 8.23. The molecule has 0 saturated carbocycles. The molecule has 0 fully saturated rings. The summed E-state index contributed by atoms with van der Waals surface area (Å²) in [7, 11) is 0. The molecule has 4 nitrogen and oxygen atoms in total. The van der Waals surface area contributed by atoms with Gasteiger partial charge in [-0.25, -0.2) is 10.3 Å². The number of nitrogens with one attached hydrogen (secondary N) is 2. The van der Waals surface area contributed by atoms with Crippen LogP contribution in [0.1, 0.15) is 39.0 Å². The molecule has 176 valence electrons. The van der Waals surface area contributed by atoms with Crippen LogP contribution < -0.4 is 10.6 Å². The Labute approximate surface area is 161 Å². The molecule has 1 rings (SSSR count). The minimum atomic E-state index is -6.78. The zero-order valence-electron chi connectivity index (χ0n) is 14.9. The third kappa shape index (κ3) is 4.46. The van der Waals surface area contributed by atoms with Crippen molar-refractivity contribution >= 4 is 11.7 Å². The first-order valence-corrected chi connectivity index (χ1v) is 8.23.